The highest BCUT2D eigenvalue weighted by Gasteiger charge is 2.21. The SMILES string of the molecule is O=C(Nn1c(-c2ccccc2)ccc1-c1ccccc1)C(=O)Nn1c(-c2ccccc2)ccc1-c1ccccc1. The van der Waals surface area contributed by atoms with E-state index in [1.807, 2.05) is 146 Å². The van der Waals surface area contributed by atoms with Crippen LogP contribution in [0.15, 0.2) is 146 Å². The van der Waals surface area contributed by atoms with Gasteiger partial charge in [-0.2, -0.15) is 0 Å². The predicted molar refractivity (Wildman–Crippen MR) is 159 cm³/mol. The van der Waals surface area contributed by atoms with E-state index in [2.05, 4.69) is 10.9 Å². The zero-order chi connectivity index (χ0) is 27.3. The summed E-state index contributed by atoms with van der Waals surface area (Å²) >= 11 is 0. The summed E-state index contributed by atoms with van der Waals surface area (Å²) in [5.41, 5.74) is 12.4. The quantitative estimate of drug-likeness (QED) is 0.236. The van der Waals surface area contributed by atoms with Crippen LogP contribution in [0.2, 0.25) is 0 Å². The minimum atomic E-state index is -0.794. The fourth-order valence-corrected chi connectivity index (χ4v) is 4.76. The van der Waals surface area contributed by atoms with Gasteiger partial charge in [-0.05, 0) is 24.3 Å². The molecule has 194 valence electrons. The second-order valence-electron chi connectivity index (χ2n) is 9.22. The molecule has 0 saturated heterocycles. The summed E-state index contributed by atoms with van der Waals surface area (Å²) in [5, 5.41) is 0. The molecule has 0 radical (unpaired) electrons. The lowest BCUT2D eigenvalue weighted by Gasteiger charge is -2.17. The topological polar surface area (TPSA) is 68.1 Å². The van der Waals surface area contributed by atoms with Crippen molar-refractivity contribution in [2.75, 3.05) is 10.9 Å². The van der Waals surface area contributed by atoms with Gasteiger partial charge in [-0.1, -0.05) is 121 Å². The zero-order valence-corrected chi connectivity index (χ0v) is 21.6. The Hall–Kier alpha value is -5.62. The largest absolute Gasteiger partial charge is 0.329 e. The summed E-state index contributed by atoms with van der Waals surface area (Å²) in [7, 11) is 0. The van der Waals surface area contributed by atoms with Crippen molar-refractivity contribution in [3.63, 3.8) is 0 Å². The maximum absolute atomic E-state index is 13.4. The number of hydrogen-bond donors (Lipinski definition) is 2. The van der Waals surface area contributed by atoms with Crippen molar-refractivity contribution in [1.29, 1.82) is 0 Å². The summed E-state index contributed by atoms with van der Waals surface area (Å²) in [5.74, 6) is -1.59. The number of nitrogens with one attached hydrogen (secondary N) is 2. The Morgan fingerprint density at radius 2 is 0.575 bits per heavy atom. The van der Waals surface area contributed by atoms with E-state index in [0.717, 1.165) is 45.0 Å². The van der Waals surface area contributed by atoms with Gasteiger partial charge in [0.2, 0.25) is 0 Å². The molecule has 2 heterocycles. The molecule has 6 heteroatoms. The molecule has 4 aromatic carbocycles. The maximum Gasteiger partial charge on any atom is 0.329 e. The van der Waals surface area contributed by atoms with E-state index in [9.17, 15) is 9.59 Å². The standard InChI is InChI=1S/C34H26N4O2/c39-33(35-37-29(25-13-5-1-6-14-25)21-22-30(37)26-15-7-2-8-16-26)34(40)36-38-31(27-17-9-3-10-18-27)23-24-32(38)28-19-11-4-12-20-28/h1-24H,(H,35,39)(H,36,40). The van der Waals surface area contributed by atoms with Crippen molar-refractivity contribution < 1.29 is 9.59 Å². The monoisotopic (exact) mass is 522 g/mol. The van der Waals surface area contributed by atoms with Gasteiger partial charge in [0.1, 0.15) is 0 Å². The lowest BCUT2D eigenvalue weighted by atomic mass is 10.2. The Morgan fingerprint density at radius 3 is 0.800 bits per heavy atom. The van der Waals surface area contributed by atoms with Gasteiger partial charge in [0.15, 0.2) is 0 Å². The van der Waals surface area contributed by atoms with E-state index in [0.29, 0.717) is 0 Å². The number of carbonyl (C=O) groups is 2. The first-order valence-corrected chi connectivity index (χ1v) is 13.0. The van der Waals surface area contributed by atoms with Crippen molar-refractivity contribution in [3.05, 3.63) is 146 Å². The molecule has 0 spiro atoms. The van der Waals surface area contributed by atoms with Gasteiger partial charge in [-0.25, -0.2) is 0 Å². The van der Waals surface area contributed by atoms with Crippen molar-refractivity contribution in [3.8, 4) is 45.0 Å². The van der Waals surface area contributed by atoms with E-state index in [4.69, 9.17) is 0 Å². The van der Waals surface area contributed by atoms with Crippen LogP contribution < -0.4 is 10.9 Å². The summed E-state index contributed by atoms with van der Waals surface area (Å²) in [6.07, 6.45) is 0. The highest BCUT2D eigenvalue weighted by Crippen LogP contribution is 2.29. The second-order valence-corrected chi connectivity index (χ2v) is 9.22. The molecule has 0 aliphatic carbocycles. The summed E-state index contributed by atoms with van der Waals surface area (Å²) < 4.78 is 3.33. The lowest BCUT2D eigenvalue weighted by molar-refractivity contribution is -0.134. The van der Waals surface area contributed by atoms with Crippen LogP contribution in [0.1, 0.15) is 0 Å². The smallest absolute Gasteiger partial charge is 0.262 e. The van der Waals surface area contributed by atoms with Crippen LogP contribution in [0.3, 0.4) is 0 Å². The number of amides is 2. The first-order chi connectivity index (χ1) is 19.7. The molecule has 0 aliphatic rings. The van der Waals surface area contributed by atoms with Crippen LogP contribution in [0.4, 0.5) is 0 Å². The minimum Gasteiger partial charge on any atom is -0.262 e. The molecule has 0 bridgehead atoms. The molecular formula is C34H26N4O2. The third-order valence-corrected chi connectivity index (χ3v) is 6.67. The molecule has 6 nitrogen and oxygen atoms in total. The number of nitrogens with zero attached hydrogens (tertiary/aromatic N) is 2. The second kappa shape index (κ2) is 11.0. The first-order valence-electron chi connectivity index (χ1n) is 13.0. The summed E-state index contributed by atoms with van der Waals surface area (Å²) in [4.78, 5) is 26.9. The van der Waals surface area contributed by atoms with Gasteiger partial charge in [0.05, 0.1) is 22.8 Å². The van der Waals surface area contributed by atoms with Gasteiger partial charge in [-0.15, -0.1) is 0 Å². The fraction of sp³-hybridized carbons (Fsp3) is 0. The first kappa shape index (κ1) is 24.7. The average molecular weight is 523 g/mol. The third-order valence-electron chi connectivity index (χ3n) is 6.67. The molecule has 0 aliphatic heterocycles. The van der Waals surface area contributed by atoms with Crippen LogP contribution in [0, 0.1) is 0 Å². The highest BCUT2D eigenvalue weighted by atomic mass is 16.2. The Kier molecular flexibility index (Phi) is 6.80. The molecule has 0 unspecified atom stereocenters. The molecule has 6 aromatic rings. The van der Waals surface area contributed by atoms with Crippen LogP contribution in [0.25, 0.3) is 45.0 Å². The third kappa shape index (κ3) is 4.93. The van der Waals surface area contributed by atoms with Crippen molar-refractivity contribution in [2.24, 2.45) is 0 Å². The van der Waals surface area contributed by atoms with E-state index in [-0.39, 0.29) is 0 Å². The molecule has 6 rings (SSSR count). The minimum absolute atomic E-state index is 0.761. The van der Waals surface area contributed by atoms with Gasteiger partial charge < -0.3 is 0 Å². The number of rotatable bonds is 6. The predicted octanol–water partition coefficient (Wildman–Crippen LogP) is 6.80. The molecular weight excluding hydrogens is 496 g/mol. The van der Waals surface area contributed by atoms with Crippen molar-refractivity contribution in [1.82, 2.24) is 9.35 Å². The van der Waals surface area contributed by atoms with Gasteiger partial charge in [0, 0.05) is 22.3 Å². The molecule has 2 amide bonds. The lowest BCUT2D eigenvalue weighted by Crippen LogP contribution is -2.38. The molecule has 2 N–H and O–H groups in total. The Labute approximate surface area is 232 Å². The van der Waals surface area contributed by atoms with E-state index >= 15 is 0 Å². The Morgan fingerprint density at radius 1 is 0.350 bits per heavy atom. The van der Waals surface area contributed by atoms with Crippen LogP contribution in [0.5, 0.6) is 0 Å². The summed E-state index contributed by atoms with van der Waals surface area (Å²) in [6, 6.07) is 46.7. The highest BCUT2D eigenvalue weighted by molar-refractivity contribution is 6.41. The number of benzene rings is 4. The molecule has 2 aromatic heterocycles. The molecule has 0 atom stereocenters. The zero-order valence-electron chi connectivity index (χ0n) is 21.6. The van der Waals surface area contributed by atoms with Crippen molar-refractivity contribution in [2.45, 2.75) is 0 Å². The van der Waals surface area contributed by atoms with Gasteiger partial charge >= 0.3 is 11.8 Å². The Balaban J connectivity index is 1.35. The van der Waals surface area contributed by atoms with Crippen molar-refractivity contribution >= 4 is 11.8 Å². The van der Waals surface area contributed by atoms with E-state index < -0.39 is 11.8 Å². The molecule has 0 saturated carbocycles. The Bertz CT molecular complexity index is 1510. The number of aromatic nitrogens is 2. The van der Waals surface area contributed by atoms with E-state index in [1.165, 1.54) is 0 Å². The van der Waals surface area contributed by atoms with E-state index in [1.54, 1.807) is 9.35 Å². The van der Waals surface area contributed by atoms with Crippen LogP contribution >= 0.6 is 0 Å². The normalized spacial score (nSPS) is 10.7. The van der Waals surface area contributed by atoms with Crippen LogP contribution in [-0.2, 0) is 9.59 Å². The van der Waals surface area contributed by atoms with Gasteiger partial charge in [-0.3, -0.25) is 29.8 Å². The van der Waals surface area contributed by atoms with Crippen LogP contribution in [-0.4, -0.2) is 21.2 Å². The average Bonchev–Trinajstić information content (AvgIpc) is 3.63. The summed E-state index contributed by atoms with van der Waals surface area (Å²) in [6.45, 7) is 0. The molecule has 40 heavy (non-hydrogen) atoms. The fourth-order valence-electron chi connectivity index (χ4n) is 4.76. The molecule has 0 fully saturated rings. The number of carbonyl (C=O) groups excluding carboxylic acids is 2. The van der Waals surface area contributed by atoms with Gasteiger partial charge in [0.25, 0.3) is 0 Å². The maximum atomic E-state index is 13.4. The number of hydrogen-bond acceptors (Lipinski definition) is 2.